The first-order chi connectivity index (χ1) is 14.8. The molecular weight excluding hydrogens is 386 g/mol. The number of hydrogen-bond donors (Lipinski definition) is 3. The third kappa shape index (κ3) is 3.07. The number of aliphatic hydroxyl groups excluding tert-OH is 3. The highest BCUT2D eigenvalue weighted by molar-refractivity contribution is 5.13. The smallest absolute Gasteiger partial charge is 0.0577 e. The molecule has 0 amide bonds. The van der Waals surface area contributed by atoms with Crippen LogP contribution in [-0.4, -0.2) is 57.7 Å². The standard InChI is InChI=1S/C27H45NO3/c1-14-4-5-23-15(2)26-20(13-28(23)12-14)17-9-21-19(18(17)10-25(26)31)11-24(30)22-8-16(29)6-7-27(21,22)3/h14-26,29-31H,4-13H2,1-3H3. The maximum absolute atomic E-state index is 11.4. The van der Waals surface area contributed by atoms with Crippen LogP contribution in [0.3, 0.4) is 0 Å². The minimum Gasteiger partial charge on any atom is -0.393 e. The molecule has 2 saturated heterocycles. The minimum atomic E-state index is -0.271. The van der Waals surface area contributed by atoms with Crippen LogP contribution in [0, 0.1) is 58.7 Å². The summed E-state index contributed by atoms with van der Waals surface area (Å²) >= 11 is 0. The van der Waals surface area contributed by atoms with E-state index >= 15 is 0 Å². The van der Waals surface area contributed by atoms with Crippen LogP contribution in [0.5, 0.6) is 0 Å². The third-order valence-electron chi connectivity index (χ3n) is 12.0. The number of rotatable bonds is 0. The first kappa shape index (κ1) is 21.4. The highest BCUT2D eigenvalue weighted by Crippen LogP contribution is 2.67. The number of hydrogen-bond acceptors (Lipinski definition) is 4. The molecular formula is C27H45NO3. The van der Waals surface area contributed by atoms with Crippen molar-refractivity contribution < 1.29 is 15.3 Å². The van der Waals surface area contributed by atoms with E-state index in [0.717, 1.165) is 43.9 Å². The molecule has 176 valence electrons. The van der Waals surface area contributed by atoms with E-state index in [9.17, 15) is 15.3 Å². The van der Waals surface area contributed by atoms with E-state index in [2.05, 4.69) is 25.7 Å². The summed E-state index contributed by atoms with van der Waals surface area (Å²) in [4.78, 5) is 2.81. The minimum absolute atomic E-state index is 0.155. The average Bonchev–Trinajstić information content (AvgIpc) is 3.08. The van der Waals surface area contributed by atoms with Gasteiger partial charge in [0.15, 0.2) is 0 Å². The first-order valence-electron chi connectivity index (χ1n) is 13.6. The molecule has 6 fully saturated rings. The van der Waals surface area contributed by atoms with Gasteiger partial charge in [0, 0.05) is 19.1 Å². The largest absolute Gasteiger partial charge is 0.393 e. The Morgan fingerprint density at radius 3 is 2.29 bits per heavy atom. The van der Waals surface area contributed by atoms with Gasteiger partial charge in [-0.15, -0.1) is 0 Å². The average molecular weight is 432 g/mol. The molecule has 0 aromatic carbocycles. The van der Waals surface area contributed by atoms with Gasteiger partial charge in [-0.1, -0.05) is 20.8 Å². The Labute approximate surface area is 188 Å². The van der Waals surface area contributed by atoms with Crippen LogP contribution < -0.4 is 0 Å². The predicted octanol–water partition coefficient (Wildman–Crippen LogP) is 3.53. The number of aliphatic hydroxyl groups is 3. The first-order valence-corrected chi connectivity index (χ1v) is 13.6. The Hall–Kier alpha value is -0.160. The molecule has 2 aliphatic heterocycles. The van der Waals surface area contributed by atoms with Gasteiger partial charge in [-0.25, -0.2) is 0 Å². The van der Waals surface area contributed by atoms with Crippen LogP contribution >= 0.6 is 0 Å². The lowest BCUT2D eigenvalue weighted by Crippen LogP contribution is -2.61. The van der Waals surface area contributed by atoms with E-state index in [0.29, 0.717) is 41.5 Å². The van der Waals surface area contributed by atoms with Gasteiger partial charge in [0.2, 0.25) is 0 Å². The van der Waals surface area contributed by atoms with Crippen molar-refractivity contribution in [2.45, 2.75) is 96.5 Å². The van der Waals surface area contributed by atoms with Crippen LogP contribution in [0.15, 0.2) is 0 Å². The molecule has 4 saturated carbocycles. The summed E-state index contributed by atoms with van der Waals surface area (Å²) in [5, 5.41) is 32.9. The molecule has 6 aliphatic rings. The normalized spacial score (nSPS) is 61.5. The highest BCUT2D eigenvalue weighted by Gasteiger charge is 2.64. The fraction of sp³-hybridized carbons (Fsp3) is 1.00. The van der Waals surface area contributed by atoms with Gasteiger partial charge in [-0.2, -0.15) is 0 Å². The van der Waals surface area contributed by atoms with Crippen molar-refractivity contribution in [2.75, 3.05) is 13.1 Å². The molecule has 3 N–H and O–H groups in total. The van der Waals surface area contributed by atoms with E-state index in [4.69, 9.17) is 0 Å². The van der Waals surface area contributed by atoms with Gasteiger partial charge in [-0.3, -0.25) is 4.90 Å². The predicted molar refractivity (Wildman–Crippen MR) is 121 cm³/mol. The molecule has 0 radical (unpaired) electrons. The molecule has 4 aliphatic carbocycles. The topological polar surface area (TPSA) is 63.9 Å². The summed E-state index contributed by atoms with van der Waals surface area (Å²) in [5.74, 6) is 5.31. The number of nitrogens with zero attached hydrogens (tertiary/aromatic N) is 1. The lowest BCUT2D eigenvalue weighted by atomic mass is 9.51. The van der Waals surface area contributed by atoms with Crippen molar-refractivity contribution in [1.29, 1.82) is 0 Å². The zero-order chi connectivity index (χ0) is 21.7. The van der Waals surface area contributed by atoms with Gasteiger partial charge < -0.3 is 15.3 Å². The molecule has 4 heteroatoms. The fourth-order valence-electron chi connectivity index (χ4n) is 10.6. The van der Waals surface area contributed by atoms with Gasteiger partial charge in [0.25, 0.3) is 0 Å². The summed E-state index contributed by atoms with van der Waals surface area (Å²) in [6, 6.07) is 0.677. The monoisotopic (exact) mass is 431 g/mol. The van der Waals surface area contributed by atoms with Gasteiger partial charge >= 0.3 is 0 Å². The van der Waals surface area contributed by atoms with E-state index in [1.807, 2.05) is 0 Å². The molecule has 14 unspecified atom stereocenters. The van der Waals surface area contributed by atoms with Crippen molar-refractivity contribution in [1.82, 2.24) is 4.90 Å². The van der Waals surface area contributed by atoms with E-state index in [1.165, 1.54) is 32.4 Å². The number of fused-ring (bicyclic) bond motifs is 8. The Kier molecular flexibility index (Phi) is 5.12. The van der Waals surface area contributed by atoms with Crippen LogP contribution in [0.4, 0.5) is 0 Å². The maximum Gasteiger partial charge on any atom is 0.0577 e. The maximum atomic E-state index is 11.4. The van der Waals surface area contributed by atoms with Crippen molar-refractivity contribution in [3.63, 3.8) is 0 Å². The van der Waals surface area contributed by atoms with Crippen LogP contribution in [-0.2, 0) is 0 Å². The molecule has 0 spiro atoms. The summed E-state index contributed by atoms with van der Waals surface area (Å²) in [7, 11) is 0. The van der Waals surface area contributed by atoms with Crippen LogP contribution in [0.1, 0.15) is 72.1 Å². The van der Waals surface area contributed by atoms with Crippen molar-refractivity contribution in [3.05, 3.63) is 0 Å². The molecule has 4 nitrogen and oxygen atoms in total. The summed E-state index contributed by atoms with van der Waals surface area (Å²) in [6.45, 7) is 9.74. The molecule has 31 heavy (non-hydrogen) atoms. The zero-order valence-corrected chi connectivity index (χ0v) is 19.9. The summed E-state index contributed by atoms with van der Waals surface area (Å²) in [6.07, 6.45) is 7.94. The lowest BCUT2D eigenvalue weighted by Gasteiger charge is -2.58. The second-order valence-corrected chi connectivity index (χ2v) is 13.3. The van der Waals surface area contributed by atoms with Crippen LogP contribution in [0.2, 0.25) is 0 Å². The quantitative estimate of drug-likeness (QED) is 0.549. The Bertz CT molecular complexity index is 700. The second kappa shape index (κ2) is 7.42. The molecule has 6 rings (SSSR count). The van der Waals surface area contributed by atoms with E-state index in [-0.39, 0.29) is 29.6 Å². The Morgan fingerprint density at radius 1 is 0.742 bits per heavy atom. The third-order valence-corrected chi connectivity index (χ3v) is 12.0. The van der Waals surface area contributed by atoms with E-state index < -0.39 is 0 Å². The van der Waals surface area contributed by atoms with Gasteiger partial charge in [-0.05, 0) is 110 Å². The summed E-state index contributed by atoms with van der Waals surface area (Å²) in [5.41, 5.74) is 0.168. The second-order valence-electron chi connectivity index (χ2n) is 13.3. The number of piperidine rings is 2. The molecule has 14 atom stereocenters. The summed E-state index contributed by atoms with van der Waals surface area (Å²) < 4.78 is 0. The Morgan fingerprint density at radius 2 is 1.48 bits per heavy atom. The molecule has 0 aromatic rings. The molecule has 0 bridgehead atoms. The van der Waals surface area contributed by atoms with Crippen molar-refractivity contribution >= 4 is 0 Å². The van der Waals surface area contributed by atoms with Crippen molar-refractivity contribution in [2.24, 2.45) is 58.7 Å². The van der Waals surface area contributed by atoms with Gasteiger partial charge in [0.1, 0.15) is 0 Å². The highest BCUT2D eigenvalue weighted by atomic mass is 16.3. The molecule has 2 heterocycles. The zero-order valence-electron chi connectivity index (χ0n) is 19.9. The van der Waals surface area contributed by atoms with Crippen LogP contribution in [0.25, 0.3) is 0 Å². The fourth-order valence-corrected chi connectivity index (χ4v) is 10.6. The van der Waals surface area contributed by atoms with E-state index in [1.54, 1.807) is 0 Å². The lowest BCUT2D eigenvalue weighted by molar-refractivity contribution is -0.139. The van der Waals surface area contributed by atoms with Crippen molar-refractivity contribution in [3.8, 4) is 0 Å². The van der Waals surface area contributed by atoms with Gasteiger partial charge in [0.05, 0.1) is 18.3 Å². The SMILES string of the molecule is CC1CCC2C(C)C3C(O)CC4C(CC5C4CC(O)C4CC(O)CCC45C)C3CN2C1. The molecule has 0 aromatic heterocycles. The Balaban J connectivity index is 1.31.